The fraction of sp³-hybridized carbons (Fsp3) is 0.700. The molecule has 1 rings (SSSR count). The minimum Gasteiger partial charge on any atom is -0.744 e. The first kappa shape index (κ1) is 27.8. The van der Waals surface area contributed by atoms with Gasteiger partial charge in [-0.3, -0.25) is 4.74 Å². The van der Waals surface area contributed by atoms with E-state index >= 15 is 0 Å². The Morgan fingerprint density at radius 3 is 2.14 bits per heavy atom. The van der Waals surface area contributed by atoms with Crippen molar-refractivity contribution < 1.29 is 56.7 Å². The van der Waals surface area contributed by atoms with Gasteiger partial charge in [-0.05, 0) is 44.4 Å². The number of unbranched alkanes of at least 4 members (excludes halogenated alkanes) is 5. The molecule has 0 spiro atoms. The van der Waals surface area contributed by atoms with Crippen LogP contribution < -0.4 is 34.3 Å². The fourth-order valence-corrected chi connectivity index (χ4v) is 3.30. The third kappa shape index (κ3) is 10.1. The summed E-state index contributed by atoms with van der Waals surface area (Å²) < 4.78 is 50.0. The van der Waals surface area contributed by atoms with Gasteiger partial charge in [0.15, 0.2) is 10.1 Å². The Morgan fingerprint density at radius 1 is 1.04 bits per heavy atom. The van der Waals surface area contributed by atoms with Gasteiger partial charge in [-0.2, -0.15) is 0 Å². The van der Waals surface area contributed by atoms with Crippen LogP contribution in [-0.4, -0.2) is 31.0 Å². The maximum Gasteiger partial charge on any atom is 1.00 e. The number of benzene rings is 1. The van der Waals surface area contributed by atoms with Crippen molar-refractivity contribution in [3.05, 3.63) is 29.8 Å². The van der Waals surface area contributed by atoms with Gasteiger partial charge in [-0.15, -0.1) is 0 Å². The van der Waals surface area contributed by atoms with Gasteiger partial charge in [0.25, 0.3) is 5.12 Å². The molecule has 0 amide bonds. The molecule has 0 heterocycles. The van der Waals surface area contributed by atoms with Crippen LogP contribution in [0, 0.1) is 0 Å². The molecule has 0 aliphatic carbocycles. The molecule has 6 nitrogen and oxygen atoms in total. The van der Waals surface area contributed by atoms with E-state index < -0.39 is 21.5 Å². The van der Waals surface area contributed by atoms with Gasteiger partial charge < -0.3 is 14.0 Å². The first-order valence-corrected chi connectivity index (χ1v) is 11.2. The normalized spacial score (nSPS) is 14.8. The van der Waals surface area contributed by atoms with Crippen molar-refractivity contribution in [3.8, 4) is 5.75 Å². The third-order valence-corrected chi connectivity index (χ3v) is 5.41. The molecule has 1 aromatic carbocycles. The van der Waals surface area contributed by atoms with Crippen LogP contribution in [-0.2, 0) is 26.0 Å². The summed E-state index contributed by atoms with van der Waals surface area (Å²) in [6, 6.07) is 7.60. The minimum absolute atomic E-state index is 0. The van der Waals surface area contributed by atoms with E-state index in [9.17, 15) is 13.0 Å². The predicted molar refractivity (Wildman–Crippen MR) is 104 cm³/mol. The summed E-state index contributed by atoms with van der Waals surface area (Å²) in [5, 5.41) is -2.28. The van der Waals surface area contributed by atoms with Crippen LogP contribution in [0.3, 0.4) is 0 Å². The summed E-state index contributed by atoms with van der Waals surface area (Å²) in [5.41, 5.74) is 1.23. The topological polar surface area (TPSA) is 84.9 Å². The number of aryl methyl sites for hydroxylation is 1. The zero-order valence-corrected chi connectivity index (χ0v) is 20.7. The summed E-state index contributed by atoms with van der Waals surface area (Å²) in [6.45, 7) is 6.43. The van der Waals surface area contributed by atoms with Crippen LogP contribution in [0.15, 0.2) is 24.3 Å². The second kappa shape index (κ2) is 14.0. The molecule has 2 unspecified atom stereocenters. The van der Waals surface area contributed by atoms with Gasteiger partial charge in [0.05, 0.1) is 0 Å². The van der Waals surface area contributed by atoms with Gasteiger partial charge in [0.2, 0.25) is 6.29 Å². The van der Waals surface area contributed by atoms with E-state index in [0.717, 1.165) is 19.8 Å². The van der Waals surface area contributed by atoms with E-state index in [1.54, 1.807) is 6.92 Å². The molecule has 28 heavy (non-hydrogen) atoms. The Kier molecular flexibility index (Phi) is 13.9. The maximum absolute atomic E-state index is 11.4. The summed E-state index contributed by atoms with van der Waals surface area (Å²) in [6.07, 6.45) is 7.62. The summed E-state index contributed by atoms with van der Waals surface area (Å²) >= 11 is 0. The molecule has 0 saturated heterocycles. The van der Waals surface area contributed by atoms with Crippen molar-refractivity contribution in [2.24, 2.45) is 0 Å². The number of hydrogen-bond acceptors (Lipinski definition) is 6. The SMILES string of the molecule is CCCCCCCCc1ccc(OC(C)OC(C)(OCC)S(=O)(=O)[O-])cc1.[Na+]. The molecular formula is C20H33NaO6S. The van der Waals surface area contributed by atoms with Crippen molar-refractivity contribution in [1.29, 1.82) is 0 Å². The molecule has 8 heteroatoms. The van der Waals surface area contributed by atoms with Crippen LogP contribution in [0.25, 0.3) is 0 Å². The molecule has 0 aliphatic heterocycles. The monoisotopic (exact) mass is 424 g/mol. The molecule has 0 aliphatic rings. The Bertz CT molecular complexity index is 635. The molecule has 0 aromatic heterocycles. The largest absolute Gasteiger partial charge is 1.00 e. The Balaban J connectivity index is 0.00000729. The molecule has 0 radical (unpaired) electrons. The van der Waals surface area contributed by atoms with E-state index in [1.807, 2.05) is 24.3 Å². The third-order valence-electron chi connectivity index (χ3n) is 4.29. The number of hydrogen-bond donors (Lipinski definition) is 0. The summed E-state index contributed by atoms with van der Waals surface area (Å²) in [7, 11) is -4.81. The average Bonchev–Trinajstić information content (AvgIpc) is 2.58. The Hall–Kier alpha value is -0.150. The number of rotatable bonds is 14. The van der Waals surface area contributed by atoms with Crippen LogP contribution >= 0.6 is 0 Å². The van der Waals surface area contributed by atoms with Crippen LogP contribution in [0.5, 0.6) is 5.75 Å². The van der Waals surface area contributed by atoms with Crippen molar-refractivity contribution >= 4 is 10.1 Å². The average molecular weight is 425 g/mol. The molecule has 0 bridgehead atoms. The Labute approximate surface area is 192 Å². The smallest absolute Gasteiger partial charge is 0.744 e. The molecule has 2 atom stereocenters. The zero-order chi connectivity index (χ0) is 20.3. The second-order valence-electron chi connectivity index (χ2n) is 6.71. The van der Waals surface area contributed by atoms with Gasteiger partial charge in [0.1, 0.15) is 5.75 Å². The molecule has 156 valence electrons. The first-order valence-electron chi connectivity index (χ1n) is 9.74. The van der Waals surface area contributed by atoms with Gasteiger partial charge >= 0.3 is 29.6 Å². The standard InChI is InChI=1S/C20H34O6S.Na/c1-5-7-8-9-10-11-12-18-13-15-19(16-14-18)25-17(3)26-20(4,24-6-2)27(21,22)23;/h13-17H,5-12H2,1-4H3,(H,21,22,23);/q;+1/p-1. The van der Waals surface area contributed by atoms with Crippen LogP contribution in [0.4, 0.5) is 0 Å². The van der Waals surface area contributed by atoms with Gasteiger partial charge in [-0.1, -0.05) is 51.2 Å². The molecule has 0 saturated carbocycles. The second-order valence-corrected chi connectivity index (χ2v) is 8.36. The fourth-order valence-electron chi connectivity index (χ4n) is 2.79. The van der Waals surface area contributed by atoms with E-state index in [0.29, 0.717) is 5.75 Å². The Morgan fingerprint density at radius 2 is 1.61 bits per heavy atom. The van der Waals surface area contributed by atoms with E-state index in [1.165, 1.54) is 44.6 Å². The maximum atomic E-state index is 11.4. The van der Waals surface area contributed by atoms with Crippen LogP contribution in [0.2, 0.25) is 0 Å². The van der Waals surface area contributed by atoms with E-state index in [4.69, 9.17) is 14.2 Å². The summed E-state index contributed by atoms with van der Waals surface area (Å²) in [4.78, 5) is 0. The van der Waals surface area contributed by atoms with Crippen molar-refractivity contribution in [1.82, 2.24) is 0 Å². The molecule has 0 N–H and O–H groups in total. The van der Waals surface area contributed by atoms with Crippen LogP contribution in [0.1, 0.15) is 71.8 Å². The predicted octanol–water partition coefficient (Wildman–Crippen LogP) is 1.59. The quantitative estimate of drug-likeness (QED) is 0.195. The van der Waals surface area contributed by atoms with Crippen molar-refractivity contribution in [2.45, 2.75) is 84.0 Å². The number of ether oxygens (including phenoxy) is 3. The van der Waals surface area contributed by atoms with E-state index in [-0.39, 0.29) is 36.2 Å². The van der Waals surface area contributed by atoms with Crippen molar-refractivity contribution in [3.63, 3.8) is 0 Å². The van der Waals surface area contributed by atoms with E-state index in [2.05, 4.69) is 6.92 Å². The van der Waals surface area contributed by atoms with Gasteiger partial charge in [-0.25, -0.2) is 8.42 Å². The van der Waals surface area contributed by atoms with Gasteiger partial charge in [0, 0.05) is 13.5 Å². The molecule has 0 fully saturated rings. The molecular weight excluding hydrogens is 391 g/mol. The van der Waals surface area contributed by atoms with Crippen molar-refractivity contribution in [2.75, 3.05) is 6.61 Å². The first-order chi connectivity index (χ1) is 12.7. The minimum atomic E-state index is -4.81. The molecule has 1 aromatic rings. The summed E-state index contributed by atoms with van der Waals surface area (Å²) in [5.74, 6) is 0.538. The zero-order valence-electron chi connectivity index (χ0n) is 17.9.